The predicted molar refractivity (Wildman–Crippen MR) is 127 cm³/mol. The molecule has 172 valence electrons. The van der Waals surface area contributed by atoms with Crippen LogP contribution >= 0.6 is 0 Å². The minimum atomic E-state index is -1.20. The van der Waals surface area contributed by atoms with Crippen molar-refractivity contribution in [2.75, 3.05) is 12.4 Å². The third-order valence-corrected chi connectivity index (χ3v) is 5.11. The summed E-state index contributed by atoms with van der Waals surface area (Å²) in [7, 11) is 1.52. The number of ether oxygens (including phenoxy) is 2. The molecule has 0 saturated carbocycles. The smallest absolute Gasteiger partial charge is 0.361 e. The molecule has 0 aliphatic heterocycles. The zero-order valence-corrected chi connectivity index (χ0v) is 18.8. The van der Waals surface area contributed by atoms with Gasteiger partial charge in [-0.25, -0.2) is 9.48 Å². The highest BCUT2D eigenvalue weighted by Gasteiger charge is 2.27. The Morgan fingerprint density at radius 3 is 2.41 bits per heavy atom. The van der Waals surface area contributed by atoms with E-state index in [1.807, 2.05) is 49.4 Å². The van der Waals surface area contributed by atoms with Crippen LogP contribution < -0.4 is 10.1 Å². The first-order valence-electron chi connectivity index (χ1n) is 10.7. The van der Waals surface area contributed by atoms with E-state index in [1.165, 1.54) is 13.3 Å². The number of nitrogens with zero attached hydrogens (tertiary/aromatic N) is 3. The number of aryl methyl sites for hydroxylation is 1. The Morgan fingerprint density at radius 2 is 1.71 bits per heavy atom. The van der Waals surface area contributed by atoms with Crippen molar-refractivity contribution in [1.82, 2.24) is 15.0 Å². The summed E-state index contributed by atoms with van der Waals surface area (Å²) in [6.45, 7) is 2.36. The fourth-order valence-corrected chi connectivity index (χ4v) is 3.43. The van der Waals surface area contributed by atoms with E-state index in [0.717, 1.165) is 11.1 Å². The second-order valence-corrected chi connectivity index (χ2v) is 7.68. The van der Waals surface area contributed by atoms with Crippen LogP contribution in [-0.2, 0) is 16.1 Å². The minimum Gasteiger partial charge on any atom is -0.495 e. The standard InChI is InChI=1S/C26H24N4O4/c1-18-13-14-23(33-2)21(15-18)27-25(31)24(20-11-7-4-8-12-20)34-26(32)22-17-30(29-28-22)16-19-9-5-3-6-10-19/h3-15,17,24H,16H2,1-2H3,(H,27,31). The number of hydrogen-bond acceptors (Lipinski definition) is 6. The van der Waals surface area contributed by atoms with Gasteiger partial charge in [0.15, 0.2) is 5.69 Å². The number of nitrogens with one attached hydrogen (secondary N) is 1. The van der Waals surface area contributed by atoms with Crippen molar-refractivity contribution in [2.45, 2.75) is 19.6 Å². The number of benzene rings is 3. The summed E-state index contributed by atoms with van der Waals surface area (Å²) in [4.78, 5) is 26.1. The van der Waals surface area contributed by atoms with Crippen molar-refractivity contribution in [3.05, 3.63) is 107 Å². The van der Waals surface area contributed by atoms with E-state index in [9.17, 15) is 9.59 Å². The maximum atomic E-state index is 13.2. The van der Waals surface area contributed by atoms with Crippen molar-refractivity contribution < 1.29 is 19.1 Å². The van der Waals surface area contributed by atoms with E-state index in [2.05, 4.69) is 15.6 Å². The molecule has 4 aromatic rings. The Bertz CT molecular complexity index is 1270. The molecule has 34 heavy (non-hydrogen) atoms. The Morgan fingerprint density at radius 1 is 1.00 bits per heavy atom. The number of esters is 1. The SMILES string of the molecule is COc1ccc(C)cc1NC(=O)C(OC(=O)c1cn(Cc2ccccc2)nn1)c1ccccc1. The van der Waals surface area contributed by atoms with Gasteiger partial charge in [-0.2, -0.15) is 0 Å². The first-order chi connectivity index (χ1) is 16.5. The molecule has 0 spiro atoms. The average molecular weight is 457 g/mol. The highest BCUT2D eigenvalue weighted by atomic mass is 16.5. The van der Waals surface area contributed by atoms with Crippen LogP contribution in [0.2, 0.25) is 0 Å². The molecular weight excluding hydrogens is 432 g/mol. The molecule has 0 saturated heterocycles. The van der Waals surface area contributed by atoms with Gasteiger partial charge in [0, 0.05) is 5.56 Å². The van der Waals surface area contributed by atoms with Crippen LogP contribution in [0.1, 0.15) is 33.3 Å². The molecule has 0 bridgehead atoms. The first-order valence-corrected chi connectivity index (χ1v) is 10.7. The predicted octanol–water partition coefficient (Wildman–Crippen LogP) is 4.18. The van der Waals surface area contributed by atoms with Gasteiger partial charge in [0.1, 0.15) is 5.75 Å². The minimum absolute atomic E-state index is 0.0119. The molecule has 8 nitrogen and oxygen atoms in total. The normalized spacial score (nSPS) is 11.5. The Kier molecular flexibility index (Phi) is 6.98. The van der Waals surface area contributed by atoms with Gasteiger partial charge in [0.2, 0.25) is 6.10 Å². The van der Waals surface area contributed by atoms with E-state index >= 15 is 0 Å². The van der Waals surface area contributed by atoms with Crippen molar-refractivity contribution in [3.63, 3.8) is 0 Å². The second kappa shape index (κ2) is 10.4. The molecule has 1 unspecified atom stereocenters. The third kappa shape index (κ3) is 5.47. The van der Waals surface area contributed by atoms with E-state index in [0.29, 0.717) is 23.5 Å². The van der Waals surface area contributed by atoms with Gasteiger partial charge < -0.3 is 14.8 Å². The van der Waals surface area contributed by atoms with Crippen LogP contribution in [0.15, 0.2) is 85.1 Å². The summed E-state index contributed by atoms with van der Waals surface area (Å²) in [6, 6.07) is 23.9. The number of aromatic nitrogens is 3. The Hall–Kier alpha value is -4.46. The number of hydrogen-bond donors (Lipinski definition) is 1. The van der Waals surface area contributed by atoms with Crippen LogP contribution in [0.5, 0.6) is 5.75 Å². The van der Waals surface area contributed by atoms with Crippen molar-refractivity contribution >= 4 is 17.6 Å². The summed E-state index contributed by atoms with van der Waals surface area (Å²) in [5.41, 5.74) is 2.98. The summed E-state index contributed by atoms with van der Waals surface area (Å²) >= 11 is 0. The molecule has 0 aliphatic carbocycles. The molecule has 1 heterocycles. The molecule has 1 amide bonds. The van der Waals surface area contributed by atoms with Crippen LogP contribution in [0.4, 0.5) is 5.69 Å². The quantitative estimate of drug-likeness (QED) is 0.400. The largest absolute Gasteiger partial charge is 0.495 e. The van der Waals surface area contributed by atoms with Crippen LogP contribution in [0.3, 0.4) is 0 Å². The van der Waals surface area contributed by atoms with E-state index < -0.39 is 18.0 Å². The van der Waals surface area contributed by atoms with Gasteiger partial charge >= 0.3 is 5.97 Å². The van der Waals surface area contributed by atoms with E-state index in [4.69, 9.17) is 9.47 Å². The monoisotopic (exact) mass is 456 g/mol. The molecule has 0 fully saturated rings. The second-order valence-electron chi connectivity index (χ2n) is 7.68. The maximum Gasteiger partial charge on any atom is 0.361 e. The maximum absolute atomic E-state index is 13.2. The highest BCUT2D eigenvalue weighted by Crippen LogP contribution is 2.28. The van der Waals surface area contributed by atoms with Crippen LogP contribution in [-0.4, -0.2) is 34.0 Å². The van der Waals surface area contributed by atoms with Gasteiger partial charge in [-0.15, -0.1) is 5.10 Å². The van der Waals surface area contributed by atoms with E-state index in [-0.39, 0.29) is 5.69 Å². The lowest BCUT2D eigenvalue weighted by molar-refractivity contribution is -0.125. The van der Waals surface area contributed by atoms with Crippen LogP contribution in [0, 0.1) is 6.92 Å². The molecular formula is C26H24N4O4. The molecule has 1 aromatic heterocycles. The lowest BCUT2D eigenvalue weighted by Crippen LogP contribution is -2.26. The molecule has 1 atom stereocenters. The highest BCUT2D eigenvalue weighted by molar-refractivity contribution is 5.98. The number of carbonyl (C=O) groups is 2. The van der Waals surface area contributed by atoms with Crippen molar-refractivity contribution in [2.24, 2.45) is 0 Å². The number of carbonyl (C=O) groups excluding carboxylic acids is 2. The zero-order valence-electron chi connectivity index (χ0n) is 18.8. The fourth-order valence-electron chi connectivity index (χ4n) is 3.43. The van der Waals surface area contributed by atoms with Crippen molar-refractivity contribution in [3.8, 4) is 5.75 Å². The average Bonchev–Trinajstić information content (AvgIpc) is 3.32. The number of amides is 1. The molecule has 3 aromatic carbocycles. The van der Waals surface area contributed by atoms with Gasteiger partial charge in [0.25, 0.3) is 5.91 Å². The first kappa shape index (κ1) is 22.7. The van der Waals surface area contributed by atoms with Crippen LogP contribution in [0.25, 0.3) is 0 Å². The lowest BCUT2D eigenvalue weighted by Gasteiger charge is -2.18. The zero-order chi connectivity index (χ0) is 23.9. The fraction of sp³-hybridized carbons (Fsp3) is 0.154. The van der Waals surface area contributed by atoms with Gasteiger partial charge in [-0.1, -0.05) is 71.9 Å². The Labute approximate surface area is 197 Å². The summed E-state index contributed by atoms with van der Waals surface area (Å²) in [5.74, 6) is -0.763. The van der Waals surface area contributed by atoms with E-state index in [1.54, 1.807) is 41.1 Å². The number of rotatable bonds is 8. The molecule has 4 rings (SSSR count). The Balaban J connectivity index is 1.54. The third-order valence-electron chi connectivity index (χ3n) is 5.11. The van der Waals surface area contributed by atoms with Gasteiger partial charge in [0.05, 0.1) is 25.5 Å². The van der Waals surface area contributed by atoms with Crippen molar-refractivity contribution in [1.29, 1.82) is 0 Å². The summed E-state index contributed by atoms with van der Waals surface area (Å²) in [6.07, 6.45) is 0.303. The summed E-state index contributed by atoms with van der Waals surface area (Å²) < 4.78 is 12.5. The van der Waals surface area contributed by atoms with Gasteiger partial charge in [-0.3, -0.25) is 4.79 Å². The number of methoxy groups -OCH3 is 1. The summed E-state index contributed by atoms with van der Waals surface area (Å²) in [5, 5.41) is 10.7. The molecule has 0 aliphatic rings. The molecule has 8 heteroatoms. The molecule has 1 N–H and O–H groups in total. The molecule has 0 radical (unpaired) electrons. The number of anilines is 1. The van der Waals surface area contributed by atoms with Gasteiger partial charge in [-0.05, 0) is 30.2 Å². The topological polar surface area (TPSA) is 95.3 Å². The lowest BCUT2D eigenvalue weighted by atomic mass is 10.1.